The number of aliphatic hydroxyl groups is 1. The van der Waals surface area contributed by atoms with Crippen molar-refractivity contribution in [2.45, 2.75) is 116 Å². The van der Waals surface area contributed by atoms with Gasteiger partial charge in [0.2, 0.25) is 0 Å². The quantitative estimate of drug-likeness (QED) is 0.245. The first-order valence-electron chi connectivity index (χ1n) is 9.64. The van der Waals surface area contributed by atoms with Gasteiger partial charge in [-0.05, 0) is 32.1 Å². The topological polar surface area (TPSA) is 20.2 Å². The van der Waals surface area contributed by atoms with Gasteiger partial charge < -0.3 is 5.11 Å². The molecule has 0 amide bonds. The first-order chi connectivity index (χ1) is 10.3. The second-order valence-corrected chi connectivity index (χ2v) is 6.46. The van der Waals surface area contributed by atoms with E-state index in [0.717, 1.165) is 19.3 Å². The van der Waals surface area contributed by atoms with E-state index in [1.165, 1.54) is 77.0 Å². The fraction of sp³-hybridized carbons (Fsp3) is 0.900. The normalized spacial score (nSPS) is 13.1. The highest BCUT2D eigenvalue weighted by Gasteiger charge is 2.02. The molecule has 0 rings (SSSR count). The molecule has 0 saturated heterocycles. The van der Waals surface area contributed by atoms with E-state index in [2.05, 4.69) is 26.0 Å². The molecule has 1 unspecified atom stereocenters. The SMILES string of the molecule is CCCCCCC=CCCC(O)CCCCCCCCC. The molecule has 21 heavy (non-hydrogen) atoms. The molecule has 0 aliphatic rings. The minimum absolute atomic E-state index is 0.0783. The minimum atomic E-state index is -0.0783. The molecule has 0 aliphatic heterocycles. The third-order valence-corrected chi connectivity index (χ3v) is 4.20. The molecule has 0 bridgehead atoms. The van der Waals surface area contributed by atoms with Gasteiger partial charge in [-0.2, -0.15) is 0 Å². The van der Waals surface area contributed by atoms with Gasteiger partial charge in [0.15, 0.2) is 0 Å². The van der Waals surface area contributed by atoms with Crippen LogP contribution in [-0.2, 0) is 0 Å². The number of rotatable bonds is 16. The molecule has 1 heteroatoms. The van der Waals surface area contributed by atoms with Gasteiger partial charge in [0.05, 0.1) is 6.10 Å². The van der Waals surface area contributed by atoms with Crippen LogP contribution in [0.4, 0.5) is 0 Å². The number of hydrogen-bond acceptors (Lipinski definition) is 1. The van der Waals surface area contributed by atoms with Gasteiger partial charge in [0.25, 0.3) is 0 Å². The van der Waals surface area contributed by atoms with Gasteiger partial charge >= 0.3 is 0 Å². The van der Waals surface area contributed by atoms with Gasteiger partial charge in [-0.15, -0.1) is 0 Å². The van der Waals surface area contributed by atoms with Crippen LogP contribution in [0.1, 0.15) is 110 Å². The maximum absolute atomic E-state index is 9.93. The van der Waals surface area contributed by atoms with E-state index in [4.69, 9.17) is 0 Å². The van der Waals surface area contributed by atoms with Crippen LogP contribution in [0.15, 0.2) is 12.2 Å². The summed E-state index contributed by atoms with van der Waals surface area (Å²) >= 11 is 0. The zero-order valence-corrected chi connectivity index (χ0v) is 14.8. The lowest BCUT2D eigenvalue weighted by molar-refractivity contribution is 0.152. The van der Waals surface area contributed by atoms with Crippen molar-refractivity contribution in [1.29, 1.82) is 0 Å². The third-order valence-electron chi connectivity index (χ3n) is 4.20. The van der Waals surface area contributed by atoms with Crippen LogP contribution >= 0.6 is 0 Å². The maximum Gasteiger partial charge on any atom is 0.0543 e. The second kappa shape index (κ2) is 17.8. The van der Waals surface area contributed by atoms with Crippen molar-refractivity contribution in [3.63, 3.8) is 0 Å². The highest BCUT2D eigenvalue weighted by atomic mass is 16.3. The van der Waals surface area contributed by atoms with Crippen LogP contribution in [0.2, 0.25) is 0 Å². The van der Waals surface area contributed by atoms with Crippen LogP contribution in [0.25, 0.3) is 0 Å². The van der Waals surface area contributed by atoms with Crippen molar-refractivity contribution in [3.8, 4) is 0 Å². The van der Waals surface area contributed by atoms with Crippen LogP contribution in [-0.4, -0.2) is 11.2 Å². The number of unbranched alkanes of at least 4 members (excludes halogenated alkanes) is 10. The Hall–Kier alpha value is -0.300. The zero-order chi connectivity index (χ0) is 15.6. The summed E-state index contributed by atoms with van der Waals surface area (Å²) in [6.07, 6.45) is 23.4. The molecule has 0 saturated carbocycles. The molecule has 0 aromatic carbocycles. The summed E-state index contributed by atoms with van der Waals surface area (Å²) in [5.41, 5.74) is 0. The molecule has 0 spiro atoms. The van der Waals surface area contributed by atoms with Gasteiger partial charge in [-0.25, -0.2) is 0 Å². The van der Waals surface area contributed by atoms with Crippen LogP contribution < -0.4 is 0 Å². The molecule has 1 atom stereocenters. The molecule has 0 fully saturated rings. The molecular weight excluding hydrogens is 256 g/mol. The van der Waals surface area contributed by atoms with E-state index in [-0.39, 0.29) is 6.10 Å². The summed E-state index contributed by atoms with van der Waals surface area (Å²) in [6.45, 7) is 4.51. The van der Waals surface area contributed by atoms with Crippen LogP contribution in [0.5, 0.6) is 0 Å². The first kappa shape index (κ1) is 20.7. The molecule has 1 nitrogen and oxygen atoms in total. The molecule has 1 N–H and O–H groups in total. The third kappa shape index (κ3) is 17.6. The lowest BCUT2D eigenvalue weighted by atomic mass is 10.0. The Bertz CT molecular complexity index is 210. The Morgan fingerprint density at radius 2 is 1.14 bits per heavy atom. The lowest BCUT2D eigenvalue weighted by Crippen LogP contribution is -2.05. The Morgan fingerprint density at radius 3 is 1.81 bits per heavy atom. The Balaban J connectivity index is 3.22. The van der Waals surface area contributed by atoms with E-state index >= 15 is 0 Å². The first-order valence-corrected chi connectivity index (χ1v) is 9.64. The summed E-state index contributed by atoms with van der Waals surface area (Å²) < 4.78 is 0. The molecule has 0 radical (unpaired) electrons. The van der Waals surface area contributed by atoms with Crippen molar-refractivity contribution in [2.24, 2.45) is 0 Å². The fourth-order valence-electron chi connectivity index (χ4n) is 2.69. The highest BCUT2D eigenvalue weighted by Crippen LogP contribution is 2.12. The zero-order valence-electron chi connectivity index (χ0n) is 14.8. The van der Waals surface area contributed by atoms with Crippen molar-refractivity contribution in [2.75, 3.05) is 0 Å². The van der Waals surface area contributed by atoms with Crippen molar-refractivity contribution in [3.05, 3.63) is 12.2 Å². The Kier molecular flexibility index (Phi) is 17.5. The van der Waals surface area contributed by atoms with Gasteiger partial charge in [-0.3, -0.25) is 0 Å². The van der Waals surface area contributed by atoms with Crippen molar-refractivity contribution < 1.29 is 5.11 Å². The predicted octanol–water partition coefficient (Wildman–Crippen LogP) is 6.79. The summed E-state index contributed by atoms with van der Waals surface area (Å²) in [5, 5.41) is 9.93. The molecule has 0 aliphatic carbocycles. The Morgan fingerprint density at radius 1 is 0.619 bits per heavy atom. The van der Waals surface area contributed by atoms with E-state index in [1.54, 1.807) is 0 Å². The summed E-state index contributed by atoms with van der Waals surface area (Å²) in [5.74, 6) is 0. The van der Waals surface area contributed by atoms with Crippen LogP contribution in [0.3, 0.4) is 0 Å². The highest BCUT2D eigenvalue weighted by molar-refractivity contribution is 4.82. The van der Waals surface area contributed by atoms with Crippen molar-refractivity contribution >= 4 is 0 Å². The van der Waals surface area contributed by atoms with Gasteiger partial charge in [-0.1, -0.05) is 90.2 Å². The predicted molar refractivity (Wildman–Crippen MR) is 95.7 cm³/mol. The monoisotopic (exact) mass is 296 g/mol. The standard InChI is InChI=1S/C20H40O/c1-3-5-7-9-11-13-15-17-19-20(21)18-16-14-12-10-8-6-4-2/h13,15,20-21H,3-12,14,16-19H2,1-2H3. The number of hydrogen-bond donors (Lipinski definition) is 1. The molecule has 126 valence electrons. The maximum atomic E-state index is 9.93. The van der Waals surface area contributed by atoms with E-state index in [0.29, 0.717) is 0 Å². The largest absolute Gasteiger partial charge is 0.393 e. The second-order valence-electron chi connectivity index (χ2n) is 6.46. The average Bonchev–Trinajstić information content (AvgIpc) is 2.49. The van der Waals surface area contributed by atoms with Gasteiger partial charge in [0, 0.05) is 0 Å². The smallest absolute Gasteiger partial charge is 0.0543 e. The lowest BCUT2D eigenvalue weighted by Gasteiger charge is -2.08. The summed E-state index contributed by atoms with van der Waals surface area (Å²) in [6, 6.07) is 0. The number of allylic oxidation sites excluding steroid dienone is 2. The average molecular weight is 297 g/mol. The molecule has 0 heterocycles. The van der Waals surface area contributed by atoms with Crippen LogP contribution in [0, 0.1) is 0 Å². The van der Waals surface area contributed by atoms with Crippen molar-refractivity contribution in [1.82, 2.24) is 0 Å². The van der Waals surface area contributed by atoms with Gasteiger partial charge in [0.1, 0.15) is 0 Å². The Labute approximate surface area is 134 Å². The number of aliphatic hydroxyl groups excluding tert-OH is 1. The van der Waals surface area contributed by atoms with E-state index < -0.39 is 0 Å². The minimum Gasteiger partial charge on any atom is -0.393 e. The van der Waals surface area contributed by atoms with E-state index in [9.17, 15) is 5.11 Å². The molecule has 0 aromatic heterocycles. The summed E-state index contributed by atoms with van der Waals surface area (Å²) in [4.78, 5) is 0. The molecule has 0 aromatic rings. The fourth-order valence-corrected chi connectivity index (χ4v) is 2.69. The molecular formula is C20H40O. The van der Waals surface area contributed by atoms with E-state index in [1.807, 2.05) is 0 Å². The summed E-state index contributed by atoms with van der Waals surface area (Å²) in [7, 11) is 0.